The number of amides is 2. The molecule has 20 heavy (non-hydrogen) atoms. The average molecular weight is 272 g/mol. The van der Waals surface area contributed by atoms with E-state index >= 15 is 0 Å². The summed E-state index contributed by atoms with van der Waals surface area (Å²) in [5.41, 5.74) is 2.34. The van der Waals surface area contributed by atoms with Crippen molar-refractivity contribution >= 4 is 17.5 Å². The van der Waals surface area contributed by atoms with Crippen LogP contribution in [-0.4, -0.2) is 17.9 Å². The Balaban J connectivity index is 1.72. The minimum atomic E-state index is -0.295. The van der Waals surface area contributed by atoms with E-state index in [1.165, 1.54) is 12.8 Å². The SMILES string of the molecule is CC1(C)CCC(Nc2ccc3c(c2)C(=O)NC3=O)CC1. The Morgan fingerprint density at radius 1 is 1.10 bits per heavy atom. The van der Waals surface area contributed by atoms with Crippen LogP contribution in [0.5, 0.6) is 0 Å². The second-order valence-corrected chi connectivity index (χ2v) is 6.63. The fourth-order valence-corrected chi connectivity index (χ4v) is 3.04. The summed E-state index contributed by atoms with van der Waals surface area (Å²) in [6.45, 7) is 4.63. The molecule has 106 valence electrons. The molecular weight excluding hydrogens is 252 g/mol. The summed E-state index contributed by atoms with van der Waals surface area (Å²) in [6, 6.07) is 5.86. The molecule has 2 N–H and O–H groups in total. The monoisotopic (exact) mass is 272 g/mol. The van der Waals surface area contributed by atoms with Crippen LogP contribution in [0.25, 0.3) is 0 Å². The molecule has 2 amide bonds. The van der Waals surface area contributed by atoms with E-state index in [1.807, 2.05) is 6.07 Å². The van der Waals surface area contributed by atoms with Crippen molar-refractivity contribution in [2.24, 2.45) is 5.41 Å². The summed E-state index contributed by atoms with van der Waals surface area (Å²) < 4.78 is 0. The highest BCUT2D eigenvalue weighted by Crippen LogP contribution is 2.36. The Morgan fingerprint density at radius 3 is 2.45 bits per heavy atom. The largest absolute Gasteiger partial charge is 0.382 e. The quantitative estimate of drug-likeness (QED) is 0.814. The number of imide groups is 1. The molecular formula is C16H20N2O2. The summed E-state index contributed by atoms with van der Waals surface area (Å²) in [4.78, 5) is 23.1. The van der Waals surface area contributed by atoms with Gasteiger partial charge < -0.3 is 5.32 Å². The van der Waals surface area contributed by atoms with Crippen molar-refractivity contribution in [3.63, 3.8) is 0 Å². The number of carbonyl (C=O) groups is 2. The average Bonchev–Trinajstić information content (AvgIpc) is 2.68. The zero-order chi connectivity index (χ0) is 14.3. The molecule has 2 aliphatic rings. The summed E-state index contributed by atoms with van der Waals surface area (Å²) in [5, 5.41) is 5.81. The summed E-state index contributed by atoms with van der Waals surface area (Å²) in [6.07, 6.45) is 4.73. The molecule has 3 rings (SSSR count). The summed E-state index contributed by atoms with van der Waals surface area (Å²) in [7, 11) is 0. The van der Waals surface area contributed by atoms with E-state index in [0.29, 0.717) is 22.6 Å². The molecule has 1 heterocycles. The van der Waals surface area contributed by atoms with Gasteiger partial charge in [-0.1, -0.05) is 13.8 Å². The van der Waals surface area contributed by atoms with E-state index < -0.39 is 0 Å². The van der Waals surface area contributed by atoms with E-state index in [4.69, 9.17) is 0 Å². The van der Waals surface area contributed by atoms with Gasteiger partial charge in [0.15, 0.2) is 0 Å². The molecule has 0 bridgehead atoms. The molecule has 1 saturated carbocycles. The predicted octanol–water partition coefficient (Wildman–Crippen LogP) is 2.95. The maximum Gasteiger partial charge on any atom is 0.259 e. The number of carbonyl (C=O) groups excluding carboxylic acids is 2. The molecule has 1 aliphatic heterocycles. The third-order valence-corrected chi connectivity index (χ3v) is 4.45. The highest BCUT2D eigenvalue weighted by atomic mass is 16.2. The van der Waals surface area contributed by atoms with Crippen molar-refractivity contribution in [3.05, 3.63) is 29.3 Å². The Morgan fingerprint density at radius 2 is 1.75 bits per heavy atom. The minimum Gasteiger partial charge on any atom is -0.382 e. The molecule has 1 aliphatic carbocycles. The third kappa shape index (κ3) is 2.42. The minimum absolute atomic E-state index is 0.293. The van der Waals surface area contributed by atoms with Crippen LogP contribution in [0.1, 0.15) is 60.2 Å². The van der Waals surface area contributed by atoms with Crippen LogP contribution in [0, 0.1) is 5.41 Å². The Labute approximate surface area is 118 Å². The van der Waals surface area contributed by atoms with E-state index in [9.17, 15) is 9.59 Å². The lowest BCUT2D eigenvalue weighted by atomic mass is 9.75. The number of anilines is 1. The normalized spacial score (nSPS) is 21.5. The van der Waals surface area contributed by atoms with Crippen molar-refractivity contribution in [3.8, 4) is 0 Å². The zero-order valence-electron chi connectivity index (χ0n) is 12.0. The van der Waals surface area contributed by atoms with Crippen LogP contribution < -0.4 is 10.6 Å². The van der Waals surface area contributed by atoms with Crippen LogP contribution in [0.4, 0.5) is 5.69 Å². The molecule has 0 aromatic heterocycles. The van der Waals surface area contributed by atoms with Gasteiger partial charge in [-0.2, -0.15) is 0 Å². The Hall–Kier alpha value is -1.84. The molecule has 4 nitrogen and oxygen atoms in total. The highest BCUT2D eigenvalue weighted by Gasteiger charge is 2.29. The summed E-state index contributed by atoms with van der Waals surface area (Å²) in [5.74, 6) is -0.589. The van der Waals surface area contributed by atoms with Crippen LogP contribution in [-0.2, 0) is 0 Å². The third-order valence-electron chi connectivity index (χ3n) is 4.45. The second-order valence-electron chi connectivity index (χ2n) is 6.63. The van der Waals surface area contributed by atoms with Gasteiger partial charge in [-0.15, -0.1) is 0 Å². The van der Waals surface area contributed by atoms with Gasteiger partial charge >= 0.3 is 0 Å². The van der Waals surface area contributed by atoms with E-state index in [0.717, 1.165) is 18.5 Å². The Kier molecular flexibility index (Phi) is 3.04. The van der Waals surface area contributed by atoms with Gasteiger partial charge in [0, 0.05) is 11.7 Å². The molecule has 0 unspecified atom stereocenters. The molecule has 0 radical (unpaired) electrons. The van der Waals surface area contributed by atoms with Crippen molar-refractivity contribution in [1.29, 1.82) is 0 Å². The topological polar surface area (TPSA) is 58.2 Å². The van der Waals surface area contributed by atoms with Crippen LogP contribution in [0.2, 0.25) is 0 Å². The first-order valence-electron chi connectivity index (χ1n) is 7.21. The molecule has 1 aromatic carbocycles. The highest BCUT2D eigenvalue weighted by molar-refractivity contribution is 6.21. The molecule has 0 spiro atoms. The van der Waals surface area contributed by atoms with Gasteiger partial charge in [0.05, 0.1) is 11.1 Å². The number of hydrogen-bond acceptors (Lipinski definition) is 3. The zero-order valence-corrected chi connectivity index (χ0v) is 12.0. The molecule has 0 atom stereocenters. The molecule has 0 saturated heterocycles. The van der Waals surface area contributed by atoms with Gasteiger partial charge in [-0.3, -0.25) is 14.9 Å². The van der Waals surface area contributed by atoms with Crippen molar-refractivity contribution in [1.82, 2.24) is 5.32 Å². The van der Waals surface area contributed by atoms with Gasteiger partial charge in [-0.25, -0.2) is 0 Å². The lowest BCUT2D eigenvalue weighted by molar-refractivity contribution is 0.0879. The van der Waals surface area contributed by atoms with Crippen LogP contribution in [0.3, 0.4) is 0 Å². The fourth-order valence-electron chi connectivity index (χ4n) is 3.04. The number of fused-ring (bicyclic) bond motifs is 1. The fraction of sp³-hybridized carbons (Fsp3) is 0.500. The lowest BCUT2D eigenvalue weighted by Crippen LogP contribution is -2.29. The van der Waals surface area contributed by atoms with Crippen molar-refractivity contribution in [2.75, 3.05) is 5.32 Å². The Bertz CT molecular complexity index is 568. The number of rotatable bonds is 2. The van der Waals surface area contributed by atoms with Crippen LogP contribution in [0.15, 0.2) is 18.2 Å². The smallest absolute Gasteiger partial charge is 0.259 e. The van der Waals surface area contributed by atoms with Gasteiger partial charge in [0.25, 0.3) is 11.8 Å². The van der Waals surface area contributed by atoms with Gasteiger partial charge in [-0.05, 0) is 49.3 Å². The molecule has 1 aromatic rings. The maximum absolute atomic E-state index is 11.6. The van der Waals surface area contributed by atoms with Gasteiger partial charge in [0.2, 0.25) is 0 Å². The van der Waals surface area contributed by atoms with Crippen molar-refractivity contribution in [2.45, 2.75) is 45.6 Å². The lowest BCUT2D eigenvalue weighted by Gasteiger charge is -2.35. The standard InChI is InChI=1S/C16H20N2O2/c1-16(2)7-5-10(6-8-16)17-11-3-4-12-13(9-11)15(20)18-14(12)19/h3-4,9-10,17H,5-8H2,1-2H3,(H,18,19,20). The van der Waals surface area contributed by atoms with Gasteiger partial charge in [0.1, 0.15) is 0 Å². The predicted molar refractivity (Wildman–Crippen MR) is 77.9 cm³/mol. The summed E-state index contributed by atoms with van der Waals surface area (Å²) >= 11 is 0. The van der Waals surface area contributed by atoms with Crippen molar-refractivity contribution < 1.29 is 9.59 Å². The number of benzene rings is 1. The van der Waals surface area contributed by atoms with Crippen LogP contribution >= 0.6 is 0 Å². The first-order chi connectivity index (χ1) is 9.44. The van der Waals surface area contributed by atoms with E-state index in [-0.39, 0.29) is 11.8 Å². The molecule has 4 heteroatoms. The van der Waals surface area contributed by atoms with E-state index in [2.05, 4.69) is 24.5 Å². The first-order valence-corrected chi connectivity index (χ1v) is 7.21. The molecule has 1 fully saturated rings. The second kappa shape index (κ2) is 4.62. The van der Waals surface area contributed by atoms with E-state index in [1.54, 1.807) is 12.1 Å². The number of nitrogens with one attached hydrogen (secondary N) is 2. The maximum atomic E-state index is 11.6. The number of hydrogen-bond donors (Lipinski definition) is 2. The first kappa shape index (κ1) is 13.2.